The molecule has 0 aliphatic rings. The smallest absolute Gasteiger partial charge is 0.395 e. The highest BCUT2D eigenvalue weighted by molar-refractivity contribution is 7.81. The fraction of sp³-hybridized carbons (Fsp3) is 1.00. The first-order chi connectivity index (χ1) is 14.6. The molecule has 0 aromatic heterocycles. The third-order valence-electron chi connectivity index (χ3n) is 5.19. The Morgan fingerprint density at radius 1 is 0.600 bits per heavy atom. The largest absolute Gasteiger partial charge is 0.399 e. The maximum Gasteiger partial charge on any atom is 0.399 e. The number of hydrogen-bond acceptors (Lipinski definition) is 7. The molecule has 182 valence electrons. The number of hydrogen-bond donors (Lipinski definition) is 2. The van der Waals surface area contributed by atoms with Crippen molar-refractivity contribution in [2.75, 3.05) is 46.1 Å². The van der Waals surface area contributed by atoms with Gasteiger partial charge in [0.2, 0.25) is 0 Å². The Balaban J connectivity index is 3.45. The Kier molecular flexibility index (Phi) is 21.8. The fourth-order valence-corrected chi connectivity index (χ4v) is 4.05. The molecule has 0 unspecified atom stereocenters. The van der Waals surface area contributed by atoms with Crippen molar-refractivity contribution in [3.63, 3.8) is 0 Å². The zero-order chi connectivity index (χ0) is 22.3. The summed E-state index contributed by atoms with van der Waals surface area (Å²) in [7, 11) is -3.98. The van der Waals surface area contributed by atoms with Gasteiger partial charge in [-0.2, -0.15) is 8.42 Å². The Bertz CT molecular complexity index is 441. The first kappa shape index (κ1) is 29.8. The summed E-state index contributed by atoms with van der Waals surface area (Å²) in [6, 6.07) is 0. The van der Waals surface area contributed by atoms with Crippen molar-refractivity contribution in [1.29, 1.82) is 0 Å². The SMILES string of the molecule is CCCCCCCCCCCCCCCCOS(=O)(=O)OCCN(CCO)CCO. The number of aliphatic hydroxyl groups is 2. The molecule has 0 heterocycles. The average Bonchev–Trinajstić information content (AvgIpc) is 2.71. The molecule has 0 rings (SSSR count). The minimum atomic E-state index is -3.98. The Hall–Kier alpha value is -0.250. The van der Waals surface area contributed by atoms with E-state index < -0.39 is 10.4 Å². The van der Waals surface area contributed by atoms with Crippen LogP contribution in [0.15, 0.2) is 0 Å². The molecule has 0 saturated heterocycles. The van der Waals surface area contributed by atoms with Gasteiger partial charge in [-0.25, -0.2) is 8.37 Å². The Labute approximate surface area is 185 Å². The molecule has 0 fully saturated rings. The van der Waals surface area contributed by atoms with Crippen LogP contribution in [-0.2, 0) is 18.8 Å². The quantitative estimate of drug-likeness (QED) is 0.213. The molecule has 0 aliphatic heterocycles. The van der Waals surface area contributed by atoms with E-state index in [1.165, 1.54) is 70.6 Å². The molecule has 7 nitrogen and oxygen atoms in total. The van der Waals surface area contributed by atoms with Crippen LogP contribution >= 0.6 is 0 Å². The first-order valence-electron chi connectivity index (χ1n) is 12.0. The van der Waals surface area contributed by atoms with Crippen LogP contribution in [-0.4, -0.2) is 69.6 Å². The summed E-state index contributed by atoms with van der Waals surface area (Å²) >= 11 is 0. The van der Waals surface area contributed by atoms with Gasteiger partial charge in [0.1, 0.15) is 0 Å². The monoisotopic (exact) mass is 453 g/mol. The predicted octanol–water partition coefficient (Wildman–Crippen LogP) is 4.03. The number of aliphatic hydroxyl groups excluding tert-OH is 2. The van der Waals surface area contributed by atoms with E-state index in [9.17, 15) is 8.42 Å². The van der Waals surface area contributed by atoms with Gasteiger partial charge in [0.25, 0.3) is 0 Å². The zero-order valence-electron chi connectivity index (χ0n) is 19.2. The summed E-state index contributed by atoms with van der Waals surface area (Å²) in [5.74, 6) is 0. The van der Waals surface area contributed by atoms with Crippen molar-refractivity contribution in [2.45, 2.75) is 96.8 Å². The molecule has 0 radical (unpaired) electrons. The molecule has 30 heavy (non-hydrogen) atoms. The maximum atomic E-state index is 11.7. The molecular formula is C22H47NO6S. The minimum Gasteiger partial charge on any atom is -0.395 e. The molecule has 0 aromatic carbocycles. The second kappa shape index (κ2) is 22.0. The van der Waals surface area contributed by atoms with Gasteiger partial charge < -0.3 is 10.2 Å². The standard InChI is InChI=1S/C22H47NO6S/c1-2-3-4-5-6-7-8-9-10-11-12-13-14-15-21-28-30(26,27)29-22-18-23(16-19-24)17-20-25/h24-25H,2-22H2,1H3. The van der Waals surface area contributed by atoms with Crippen molar-refractivity contribution in [2.24, 2.45) is 0 Å². The Morgan fingerprint density at radius 2 is 1.00 bits per heavy atom. The molecule has 0 atom stereocenters. The highest BCUT2D eigenvalue weighted by Crippen LogP contribution is 2.13. The summed E-state index contributed by atoms with van der Waals surface area (Å²) in [4.78, 5) is 1.73. The topological polar surface area (TPSA) is 96.3 Å². The van der Waals surface area contributed by atoms with Crippen LogP contribution in [0.2, 0.25) is 0 Å². The first-order valence-corrected chi connectivity index (χ1v) is 13.4. The summed E-state index contributed by atoms with van der Waals surface area (Å²) in [5, 5.41) is 17.8. The van der Waals surface area contributed by atoms with Gasteiger partial charge in [-0.05, 0) is 6.42 Å². The van der Waals surface area contributed by atoms with E-state index >= 15 is 0 Å². The lowest BCUT2D eigenvalue weighted by Gasteiger charge is -2.19. The molecule has 0 spiro atoms. The van der Waals surface area contributed by atoms with Crippen molar-refractivity contribution < 1.29 is 27.0 Å². The highest BCUT2D eigenvalue weighted by Gasteiger charge is 2.13. The van der Waals surface area contributed by atoms with Crippen LogP contribution in [0.5, 0.6) is 0 Å². The highest BCUT2D eigenvalue weighted by atomic mass is 32.3. The van der Waals surface area contributed by atoms with E-state index in [4.69, 9.17) is 18.6 Å². The minimum absolute atomic E-state index is 0.0532. The number of unbranched alkanes of at least 4 members (excludes halogenated alkanes) is 13. The van der Waals surface area contributed by atoms with Crippen LogP contribution < -0.4 is 0 Å². The van der Waals surface area contributed by atoms with Crippen LogP contribution in [0.3, 0.4) is 0 Å². The number of nitrogens with zero attached hydrogens (tertiary/aromatic N) is 1. The van der Waals surface area contributed by atoms with Crippen molar-refractivity contribution >= 4 is 10.4 Å². The van der Waals surface area contributed by atoms with Gasteiger partial charge in [0.05, 0.1) is 26.4 Å². The van der Waals surface area contributed by atoms with Crippen molar-refractivity contribution in [3.05, 3.63) is 0 Å². The fourth-order valence-electron chi connectivity index (χ4n) is 3.38. The van der Waals surface area contributed by atoms with Gasteiger partial charge in [-0.1, -0.05) is 90.4 Å². The molecule has 2 N–H and O–H groups in total. The van der Waals surface area contributed by atoms with Gasteiger partial charge in [-0.15, -0.1) is 0 Å². The van der Waals surface area contributed by atoms with E-state index in [1.54, 1.807) is 4.90 Å². The van der Waals surface area contributed by atoms with Crippen molar-refractivity contribution in [1.82, 2.24) is 4.90 Å². The third-order valence-corrected chi connectivity index (χ3v) is 6.10. The van der Waals surface area contributed by atoms with Crippen LogP contribution in [0.4, 0.5) is 0 Å². The van der Waals surface area contributed by atoms with E-state index in [2.05, 4.69) is 6.92 Å². The molecule has 0 saturated carbocycles. The zero-order valence-corrected chi connectivity index (χ0v) is 20.0. The maximum absolute atomic E-state index is 11.7. The Morgan fingerprint density at radius 3 is 1.43 bits per heavy atom. The van der Waals surface area contributed by atoms with Gasteiger partial charge >= 0.3 is 10.4 Å². The van der Waals surface area contributed by atoms with E-state index in [0.29, 0.717) is 26.1 Å². The number of rotatable bonds is 24. The van der Waals surface area contributed by atoms with E-state index in [-0.39, 0.29) is 26.4 Å². The average molecular weight is 454 g/mol. The lowest BCUT2D eigenvalue weighted by Crippen LogP contribution is -2.33. The van der Waals surface area contributed by atoms with Gasteiger partial charge in [0.15, 0.2) is 0 Å². The van der Waals surface area contributed by atoms with E-state index in [0.717, 1.165) is 12.8 Å². The molecule has 0 amide bonds. The normalized spacial score (nSPS) is 12.1. The molecule has 0 aromatic rings. The summed E-state index contributed by atoms with van der Waals surface area (Å²) in [6.45, 7) is 3.28. The van der Waals surface area contributed by atoms with E-state index in [1.807, 2.05) is 0 Å². The van der Waals surface area contributed by atoms with Gasteiger partial charge in [0, 0.05) is 19.6 Å². The second-order valence-electron chi connectivity index (χ2n) is 7.94. The summed E-state index contributed by atoms with van der Waals surface area (Å²) in [5.41, 5.74) is 0. The van der Waals surface area contributed by atoms with Crippen LogP contribution in [0.1, 0.15) is 96.8 Å². The molecule has 8 heteroatoms. The van der Waals surface area contributed by atoms with Crippen molar-refractivity contribution in [3.8, 4) is 0 Å². The van der Waals surface area contributed by atoms with Crippen LogP contribution in [0.25, 0.3) is 0 Å². The molecule has 0 bridgehead atoms. The third kappa shape index (κ3) is 21.0. The molecular weight excluding hydrogens is 406 g/mol. The lowest BCUT2D eigenvalue weighted by atomic mass is 10.0. The predicted molar refractivity (Wildman–Crippen MR) is 122 cm³/mol. The van der Waals surface area contributed by atoms with Gasteiger partial charge in [-0.3, -0.25) is 4.90 Å². The molecule has 0 aliphatic carbocycles. The lowest BCUT2D eigenvalue weighted by molar-refractivity contribution is 0.134. The second-order valence-corrected chi connectivity index (χ2v) is 9.23. The summed E-state index contributed by atoms with van der Waals surface area (Å²) in [6.07, 6.45) is 17.5. The van der Waals surface area contributed by atoms with Crippen LogP contribution in [0, 0.1) is 0 Å². The summed E-state index contributed by atoms with van der Waals surface area (Å²) < 4.78 is 33.1.